The van der Waals surface area contributed by atoms with Crippen molar-refractivity contribution >= 4 is 17.1 Å². The fraction of sp³-hybridized carbons (Fsp3) is 0.520. The summed E-state index contributed by atoms with van der Waals surface area (Å²) in [4.78, 5) is 2.62. The van der Waals surface area contributed by atoms with Crippen LogP contribution < -0.4 is 4.90 Å². The molecule has 51 heavy (non-hydrogen) atoms. The molecule has 4 aromatic rings. The van der Waals surface area contributed by atoms with Gasteiger partial charge in [-0.15, -0.1) is 0 Å². The van der Waals surface area contributed by atoms with Gasteiger partial charge in [-0.3, -0.25) is 0 Å². The second kappa shape index (κ2) is 13.6. The van der Waals surface area contributed by atoms with Gasteiger partial charge in [0.05, 0.1) is 0 Å². The maximum Gasteiger partial charge on any atom is 0.0465 e. The third-order valence-corrected chi connectivity index (χ3v) is 15.4. The molecule has 0 N–H and O–H groups in total. The highest BCUT2D eigenvalue weighted by molar-refractivity contribution is 5.86. The first kappa shape index (κ1) is 32.3. The molecule has 0 heterocycles. The van der Waals surface area contributed by atoms with Gasteiger partial charge in [-0.05, 0) is 163 Å². The molecule has 6 aliphatic carbocycles. The SMILES string of the molecule is c1ccc2c(c1)-c1ccc(N(c3ccc(C4CCCCC4)cc3)c3ccc(C4CC5CCC4C5)cc3)cc1C2(C1CCCCC1)C1CCCCC1. The molecule has 3 unspecified atom stereocenters. The van der Waals surface area contributed by atoms with Gasteiger partial charge in [-0.1, -0.05) is 119 Å². The van der Waals surface area contributed by atoms with Gasteiger partial charge >= 0.3 is 0 Å². The van der Waals surface area contributed by atoms with Crippen molar-refractivity contribution < 1.29 is 0 Å². The van der Waals surface area contributed by atoms with Crippen molar-refractivity contribution in [2.24, 2.45) is 23.7 Å². The van der Waals surface area contributed by atoms with Crippen LogP contribution in [-0.4, -0.2) is 0 Å². The number of hydrogen-bond acceptors (Lipinski definition) is 1. The van der Waals surface area contributed by atoms with Crippen molar-refractivity contribution in [3.8, 4) is 11.1 Å². The summed E-state index contributed by atoms with van der Waals surface area (Å²) in [6.45, 7) is 0. The number of nitrogens with zero attached hydrogens (tertiary/aromatic N) is 1. The van der Waals surface area contributed by atoms with Gasteiger partial charge in [0.2, 0.25) is 0 Å². The first-order valence-corrected chi connectivity index (χ1v) is 21.5. The molecule has 10 rings (SSSR count). The fourth-order valence-corrected chi connectivity index (χ4v) is 13.1. The van der Waals surface area contributed by atoms with Crippen molar-refractivity contribution in [3.63, 3.8) is 0 Å². The van der Waals surface area contributed by atoms with E-state index in [9.17, 15) is 0 Å². The number of fused-ring (bicyclic) bond motifs is 5. The van der Waals surface area contributed by atoms with Crippen LogP contribution in [-0.2, 0) is 5.41 Å². The lowest BCUT2D eigenvalue weighted by Crippen LogP contribution is -2.44. The molecule has 3 atom stereocenters. The van der Waals surface area contributed by atoms with Crippen LogP contribution >= 0.6 is 0 Å². The highest BCUT2D eigenvalue weighted by Gasteiger charge is 2.53. The molecule has 0 saturated heterocycles. The standard InChI is InChI=1S/C50H59N/c1-4-12-36(13-5-1)37-22-26-42(27-23-37)51(43-28-24-38(25-29-43)47-33-35-20-21-39(47)32-35)44-30-31-46-45-18-10-11-19-48(45)50(49(46)34-44,40-14-6-2-7-15-40)41-16-8-3-9-17-41/h10-11,18-19,22-31,34-36,39-41,47H,1-9,12-17,20-21,32-33H2. The van der Waals surface area contributed by atoms with Crippen LogP contribution in [0.25, 0.3) is 11.1 Å². The lowest BCUT2D eigenvalue weighted by atomic mass is 9.55. The van der Waals surface area contributed by atoms with Gasteiger partial charge in [0.1, 0.15) is 0 Å². The summed E-state index contributed by atoms with van der Waals surface area (Å²) in [5, 5.41) is 0. The van der Waals surface area contributed by atoms with Gasteiger partial charge in [0.25, 0.3) is 0 Å². The maximum absolute atomic E-state index is 2.71. The largest absolute Gasteiger partial charge is 0.310 e. The second-order valence-corrected chi connectivity index (χ2v) is 17.9. The Kier molecular flexibility index (Phi) is 8.61. The average Bonchev–Trinajstić information content (AvgIpc) is 3.93. The second-order valence-electron chi connectivity index (χ2n) is 17.9. The summed E-state index contributed by atoms with van der Waals surface area (Å²) >= 11 is 0. The first-order valence-electron chi connectivity index (χ1n) is 21.5. The average molecular weight is 674 g/mol. The van der Waals surface area contributed by atoms with Crippen LogP contribution in [0.3, 0.4) is 0 Å². The van der Waals surface area contributed by atoms with Crippen LogP contribution in [0.4, 0.5) is 17.1 Å². The Hall–Kier alpha value is -3.32. The van der Waals surface area contributed by atoms with Gasteiger partial charge < -0.3 is 4.90 Å². The summed E-state index contributed by atoms with van der Waals surface area (Å²) in [7, 11) is 0. The topological polar surface area (TPSA) is 3.24 Å². The van der Waals surface area contributed by atoms with E-state index < -0.39 is 0 Å². The minimum Gasteiger partial charge on any atom is -0.310 e. The van der Waals surface area contributed by atoms with Crippen molar-refractivity contribution in [1.29, 1.82) is 0 Å². The monoisotopic (exact) mass is 673 g/mol. The van der Waals surface area contributed by atoms with E-state index in [1.165, 1.54) is 150 Å². The Morgan fingerprint density at radius 1 is 0.451 bits per heavy atom. The van der Waals surface area contributed by atoms with E-state index in [0.29, 0.717) is 0 Å². The highest BCUT2D eigenvalue weighted by atomic mass is 15.1. The van der Waals surface area contributed by atoms with Crippen LogP contribution in [0.2, 0.25) is 0 Å². The lowest BCUT2D eigenvalue weighted by Gasteiger charge is -2.49. The van der Waals surface area contributed by atoms with E-state index in [0.717, 1.165) is 35.5 Å². The molecule has 5 saturated carbocycles. The maximum atomic E-state index is 2.71. The molecule has 0 radical (unpaired) electrons. The summed E-state index contributed by atoms with van der Waals surface area (Å²) in [6.07, 6.45) is 26.6. The molecule has 0 aliphatic heterocycles. The van der Waals surface area contributed by atoms with Crippen molar-refractivity contribution in [2.45, 2.75) is 139 Å². The summed E-state index contributed by atoms with van der Waals surface area (Å²) in [5.41, 5.74) is 13.6. The fourth-order valence-electron chi connectivity index (χ4n) is 13.1. The Morgan fingerprint density at radius 2 is 1.02 bits per heavy atom. The van der Waals surface area contributed by atoms with Gasteiger partial charge in [-0.2, -0.15) is 0 Å². The molecule has 4 aromatic carbocycles. The summed E-state index contributed by atoms with van der Waals surface area (Å²) in [6, 6.07) is 37.1. The van der Waals surface area contributed by atoms with Crippen LogP contribution in [0.1, 0.15) is 156 Å². The Labute approximate surface area is 308 Å². The normalized spacial score (nSPS) is 26.2. The number of anilines is 3. The molecule has 1 nitrogen and oxygen atoms in total. The van der Waals surface area contributed by atoms with Crippen molar-refractivity contribution in [3.05, 3.63) is 113 Å². The zero-order chi connectivity index (χ0) is 33.8. The molecule has 2 bridgehead atoms. The minimum atomic E-state index is 0.130. The smallest absolute Gasteiger partial charge is 0.0465 e. The van der Waals surface area contributed by atoms with Gasteiger partial charge in [0.15, 0.2) is 0 Å². The van der Waals surface area contributed by atoms with E-state index in [1.807, 2.05) is 0 Å². The highest BCUT2D eigenvalue weighted by Crippen LogP contribution is 2.62. The number of hydrogen-bond donors (Lipinski definition) is 0. The predicted molar refractivity (Wildman–Crippen MR) is 215 cm³/mol. The Bertz CT molecular complexity index is 1800. The van der Waals surface area contributed by atoms with Crippen molar-refractivity contribution in [1.82, 2.24) is 0 Å². The molecule has 1 heteroatoms. The first-order chi connectivity index (χ1) is 25.3. The van der Waals surface area contributed by atoms with Crippen LogP contribution in [0, 0.1) is 23.7 Å². The van der Waals surface area contributed by atoms with Crippen molar-refractivity contribution in [2.75, 3.05) is 4.90 Å². The molecule has 264 valence electrons. The quantitative estimate of drug-likeness (QED) is 0.189. The lowest BCUT2D eigenvalue weighted by molar-refractivity contribution is 0.137. The predicted octanol–water partition coefficient (Wildman–Crippen LogP) is 14.5. The number of benzene rings is 4. The molecular formula is C50H59N. The minimum absolute atomic E-state index is 0.130. The van der Waals surface area contributed by atoms with E-state index in [1.54, 1.807) is 22.3 Å². The van der Waals surface area contributed by atoms with E-state index in [2.05, 4.69) is 95.9 Å². The zero-order valence-corrected chi connectivity index (χ0v) is 31.0. The summed E-state index contributed by atoms with van der Waals surface area (Å²) in [5.74, 6) is 4.85. The third kappa shape index (κ3) is 5.54. The van der Waals surface area contributed by atoms with E-state index >= 15 is 0 Å². The molecular weight excluding hydrogens is 615 g/mol. The van der Waals surface area contributed by atoms with E-state index in [-0.39, 0.29) is 5.41 Å². The van der Waals surface area contributed by atoms with Gasteiger partial charge in [-0.25, -0.2) is 0 Å². The number of rotatable bonds is 7. The zero-order valence-electron chi connectivity index (χ0n) is 31.0. The molecule has 0 aromatic heterocycles. The molecule has 0 spiro atoms. The van der Waals surface area contributed by atoms with E-state index in [4.69, 9.17) is 0 Å². The molecule has 6 aliphatic rings. The summed E-state index contributed by atoms with van der Waals surface area (Å²) < 4.78 is 0. The Morgan fingerprint density at radius 3 is 1.63 bits per heavy atom. The Balaban J connectivity index is 1.10. The molecule has 5 fully saturated rings. The van der Waals surface area contributed by atoms with Crippen LogP contribution in [0.5, 0.6) is 0 Å². The molecule has 0 amide bonds. The van der Waals surface area contributed by atoms with Gasteiger partial charge in [0, 0.05) is 22.5 Å². The van der Waals surface area contributed by atoms with Crippen LogP contribution in [0.15, 0.2) is 91.0 Å². The third-order valence-electron chi connectivity index (χ3n) is 15.4.